The molecular formula is C15H16N2OS. The largest absolute Gasteiger partial charge is 0.508 e. The third-order valence-electron chi connectivity index (χ3n) is 4.39. The van der Waals surface area contributed by atoms with Gasteiger partial charge in [0.15, 0.2) is 0 Å². The minimum atomic E-state index is 0.310. The first-order valence-corrected chi connectivity index (χ1v) is 7.55. The first-order valence-electron chi connectivity index (χ1n) is 6.73. The molecule has 2 unspecified atom stereocenters. The van der Waals surface area contributed by atoms with E-state index in [0.717, 1.165) is 17.0 Å². The Morgan fingerprint density at radius 3 is 3.11 bits per heavy atom. The third-order valence-corrected chi connectivity index (χ3v) is 5.64. The molecule has 19 heavy (non-hydrogen) atoms. The molecule has 1 saturated heterocycles. The van der Waals surface area contributed by atoms with Crippen molar-refractivity contribution in [1.29, 1.82) is 0 Å². The van der Waals surface area contributed by atoms with Crippen molar-refractivity contribution in [3.05, 3.63) is 34.8 Å². The van der Waals surface area contributed by atoms with Crippen LogP contribution in [0.1, 0.15) is 29.5 Å². The molecule has 0 saturated carbocycles. The lowest BCUT2D eigenvalue weighted by Gasteiger charge is -2.29. The highest BCUT2D eigenvalue weighted by Crippen LogP contribution is 2.46. The number of phenols is 1. The maximum atomic E-state index is 9.59. The molecule has 0 spiro atoms. The first kappa shape index (κ1) is 11.4. The smallest absolute Gasteiger partial charge is 0.124 e. The number of benzene rings is 1. The predicted octanol–water partition coefficient (Wildman–Crippen LogP) is 3.21. The van der Waals surface area contributed by atoms with E-state index in [4.69, 9.17) is 4.98 Å². The Balaban J connectivity index is 1.78. The summed E-state index contributed by atoms with van der Waals surface area (Å²) >= 11 is 1.80. The van der Waals surface area contributed by atoms with E-state index < -0.39 is 0 Å². The van der Waals surface area contributed by atoms with Gasteiger partial charge in [-0.3, -0.25) is 4.90 Å². The van der Waals surface area contributed by atoms with Gasteiger partial charge in [-0.25, -0.2) is 4.98 Å². The Morgan fingerprint density at radius 2 is 2.26 bits per heavy atom. The fourth-order valence-electron chi connectivity index (χ4n) is 3.33. The summed E-state index contributed by atoms with van der Waals surface area (Å²) in [7, 11) is 2.24. The summed E-state index contributed by atoms with van der Waals surface area (Å²) in [5.41, 5.74) is 2.31. The monoisotopic (exact) mass is 272 g/mol. The van der Waals surface area contributed by atoms with Crippen molar-refractivity contribution in [3.8, 4) is 16.3 Å². The van der Waals surface area contributed by atoms with Crippen LogP contribution in [0.15, 0.2) is 24.3 Å². The number of hydrogen-bond acceptors (Lipinski definition) is 4. The van der Waals surface area contributed by atoms with Crippen LogP contribution in [-0.4, -0.2) is 28.1 Å². The van der Waals surface area contributed by atoms with Crippen molar-refractivity contribution in [2.45, 2.75) is 31.3 Å². The highest BCUT2D eigenvalue weighted by Gasteiger charge is 2.39. The van der Waals surface area contributed by atoms with E-state index in [-0.39, 0.29) is 0 Å². The van der Waals surface area contributed by atoms with Crippen LogP contribution in [0.3, 0.4) is 0 Å². The molecule has 4 heteroatoms. The lowest BCUT2D eigenvalue weighted by Crippen LogP contribution is -2.33. The van der Waals surface area contributed by atoms with E-state index in [0.29, 0.717) is 17.8 Å². The van der Waals surface area contributed by atoms with E-state index in [9.17, 15) is 5.11 Å². The minimum Gasteiger partial charge on any atom is -0.508 e. The van der Waals surface area contributed by atoms with E-state index in [2.05, 4.69) is 11.9 Å². The zero-order valence-corrected chi connectivity index (χ0v) is 11.7. The number of aromatic nitrogens is 1. The number of nitrogens with zero attached hydrogens (tertiary/aromatic N) is 2. The molecule has 2 aliphatic rings. The number of fused-ring (bicyclic) bond motifs is 4. The van der Waals surface area contributed by atoms with Crippen molar-refractivity contribution in [1.82, 2.24) is 9.88 Å². The van der Waals surface area contributed by atoms with E-state index >= 15 is 0 Å². The van der Waals surface area contributed by atoms with Gasteiger partial charge in [0, 0.05) is 28.9 Å². The normalized spacial score (nSPS) is 25.5. The standard InChI is InChI=1S/C15H16N2OS/c1-17-10-5-6-13(17)14-12(8-10)16-15(19-14)9-3-2-4-11(18)7-9/h2-4,7,10,13,18H,5-6,8H2,1H3. The first-order chi connectivity index (χ1) is 9.22. The molecule has 2 aliphatic heterocycles. The number of likely N-dealkylation sites (N-methyl/N-ethyl adjacent to an activating group) is 1. The van der Waals surface area contributed by atoms with Gasteiger partial charge >= 0.3 is 0 Å². The molecule has 0 radical (unpaired) electrons. The van der Waals surface area contributed by atoms with Gasteiger partial charge in [-0.1, -0.05) is 12.1 Å². The molecule has 2 bridgehead atoms. The maximum absolute atomic E-state index is 9.59. The van der Waals surface area contributed by atoms with Crippen molar-refractivity contribution < 1.29 is 5.11 Å². The highest BCUT2D eigenvalue weighted by atomic mass is 32.1. The summed E-state index contributed by atoms with van der Waals surface area (Å²) < 4.78 is 0. The van der Waals surface area contributed by atoms with Gasteiger partial charge in [0.25, 0.3) is 0 Å². The Bertz CT molecular complexity index is 637. The second kappa shape index (κ2) is 4.05. The molecule has 2 atom stereocenters. The summed E-state index contributed by atoms with van der Waals surface area (Å²) in [6, 6.07) is 8.64. The molecule has 1 aromatic carbocycles. The third kappa shape index (κ3) is 1.70. The zero-order chi connectivity index (χ0) is 13.0. The van der Waals surface area contributed by atoms with Crippen LogP contribution in [0.25, 0.3) is 10.6 Å². The van der Waals surface area contributed by atoms with Crippen molar-refractivity contribution >= 4 is 11.3 Å². The number of rotatable bonds is 1. The van der Waals surface area contributed by atoms with E-state index in [1.165, 1.54) is 23.4 Å². The van der Waals surface area contributed by atoms with Crippen LogP contribution in [0.4, 0.5) is 0 Å². The lowest BCUT2D eigenvalue weighted by molar-refractivity contribution is 0.226. The summed E-state index contributed by atoms with van der Waals surface area (Å²) in [6.45, 7) is 0. The zero-order valence-electron chi connectivity index (χ0n) is 10.8. The summed E-state index contributed by atoms with van der Waals surface area (Å²) in [6.07, 6.45) is 3.64. The number of aromatic hydroxyl groups is 1. The van der Waals surface area contributed by atoms with Crippen LogP contribution in [0, 0.1) is 0 Å². The Morgan fingerprint density at radius 1 is 1.37 bits per heavy atom. The van der Waals surface area contributed by atoms with E-state index in [1.54, 1.807) is 23.5 Å². The maximum Gasteiger partial charge on any atom is 0.124 e. The van der Waals surface area contributed by atoms with Gasteiger partial charge in [-0.2, -0.15) is 0 Å². The van der Waals surface area contributed by atoms with Gasteiger partial charge in [0.1, 0.15) is 10.8 Å². The fourth-order valence-corrected chi connectivity index (χ4v) is 4.61. The van der Waals surface area contributed by atoms with Crippen LogP contribution >= 0.6 is 11.3 Å². The Hall–Kier alpha value is -1.39. The molecule has 3 heterocycles. The molecular weight excluding hydrogens is 256 g/mol. The quantitative estimate of drug-likeness (QED) is 0.866. The summed E-state index contributed by atoms with van der Waals surface area (Å²) in [4.78, 5) is 8.76. The summed E-state index contributed by atoms with van der Waals surface area (Å²) in [5, 5.41) is 10.6. The average Bonchev–Trinajstić information content (AvgIpc) is 2.92. The number of hydrogen-bond donors (Lipinski definition) is 1. The van der Waals surface area contributed by atoms with Crippen LogP contribution in [0.5, 0.6) is 5.75 Å². The summed E-state index contributed by atoms with van der Waals surface area (Å²) in [5.74, 6) is 0.310. The van der Waals surface area contributed by atoms with Gasteiger partial charge < -0.3 is 5.11 Å². The second-order valence-electron chi connectivity index (χ2n) is 5.50. The lowest BCUT2D eigenvalue weighted by atomic mass is 10.1. The van der Waals surface area contributed by atoms with Gasteiger partial charge in [0.2, 0.25) is 0 Å². The van der Waals surface area contributed by atoms with Gasteiger partial charge in [-0.15, -0.1) is 11.3 Å². The predicted molar refractivity (Wildman–Crippen MR) is 76.4 cm³/mol. The molecule has 98 valence electrons. The van der Waals surface area contributed by atoms with Gasteiger partial charge in [0.05, 0.1) is 5.69 Å². The Kier molecular flexibility index (Phi) is 2.44. The SMILES string of the molecule is CN1C2CCC1c1sc(-c3cccc(O)c3)nc1C2. The molecule has 4 rings (SSSR count). The molecule has 3 nitrogen and oxygen atoms in total. The fraction of sp³-hybridized carbons (Fsp3) is 0.400. The highest BCUT2D eigenvalue weighted by molar-refractivity contribution is 7.15. The van der Waals surface area contributed by atoms with Crippen molar-refractivity contribution in [2.75, 3.05) is 7.05 Å². The van der Waals surface area contributed by atoms with Crippen molar-refractivity contribution in [2.24, 2.45) is 0 Å². The average molecular weight is 272 g/mol. The topological polar surface area (TPSA) is 36.4 Å². The van der Waals surface area contributed by atoms with Crippen LogP contribution in [-0.2, 0) is 6.42 Å². The molecule has 2 aromatic rings. The van der Waals surface area contributed by atoms with Gasteiger partial charge in [-0.05, 0) is 32.0 Å². The number of thiazole rings is 1. The molecule has 1 aromatic heterocycles. The van der Waals surface area contributed by atoms with Crippen LogP contribution in [0.2, 0.25) is 0 Å². The molecule has 1 N–H and O–H groups in total. The minimum absolute atomic E-state index is 0.310. The number of phenolic OH excluding ortho intramolecular Hbond substituents is 1. The van der Waals surface area contributed by atoms with Crippen molar-refractivity contribution in [3.63, 3.8) is 0 Å². The molecule has 0 aliphatic carbocycles. The van der Waals surface area contributed by atoms with E-state index in [1.807, 2.05) is 12.1 Å². The molecule has 0 amide bonds. The van der Waals surface area contributed by atoms with Crippen LogP contribution < -0.4 is 0 Å². The molecule has 1 fully saturated rings. The second-order valence-corrected chi connectivity index (χ2v) is 6.53. The Labute approximate surface area is 116 Å².